The lowest BCUT2D eigenvalue weighted by Crippen LogP contribution is -2.40. The third kappa shape index (κ3) is 4.72. The molecule has 0 unspecified atom stereocenters. The fraction of sp³-hybridized carbons (Fsp3) is 0.375. The Bertz CT molecular complexity index is 705. The van der Waals surface area contributed by atoms with E-state index in [4.69, 9.17) is 16.3 Å². The molecule has 124 valence electrons. The van der Waals surface area contributed by atoms with Gasteiger partial charge >= 0.3 is 0 Å². The lowest BCUT2D eigenvalue weighted by molar-refractivity contribution is -0.129. The summed E-state index contributed by atoms with van der Waals surface area (Å²) in [7, 11) is 0. The van der Waals surface area contributed by atoms with Crippen molar-refractivity contribution in [1.29, 1.82) is 10.5 Å². The highest BCUT2D eigenvalue weighted by atomic mass is 32.2. The zero-order chi connectivity index (χ0) is 17.4. The van der Waals surface area contributed by atoms with Crippen molar-refractivity contribution in [1.82, 2.24) is 9.88 Å². The predicted octanol–water partition coefficient (Wildman–Crippen LogP) is 1.74. The van der Waals surface area contributed by atoms with Crippen molar-refractivity contribution in [3.05, 3.63) is 35.0 Å². The third-order valence-electron chi connectivity index (χ3n) is 3.52. The molecule has 2 heterocycles. The van der Waals surface area contributed by atoms with Crippen molar-refractivity contribution >= 4 is 23.5 Å². The molecule has 0 bridgehead atoms. The molecule has 7 nitrogen and oxygen atoms in total. The highest BCUT2D eigenvalue weighted by Crippen LogP contribution is 2.16. The van der Waals surface area contributed by atoms with Crippen molar-refractivity contribution < 1.29 is 4.79 Å². The minimum atomic E-state index is -0.480. The van der Waals surface area contributed by atoms with E-state index < -0.39 is 6.04 Å². The van der Waals surface area contributed by atoms with E-state index in [0.29, 0.717) is 24.7 Å². The molecule has 1 aliphatic heterocycles. The first-order chi connectivity index (χ1) is 11.7. The molecule has 1 aliphatic rings. The van der Waals surface area contributed by atoms with Crippen LogP contribution in [0.15, 0.2) is 23.7 Å². The molecule has 3 N–H and O–H groups in total. The quantitative estimate of drug-likeness (QED) is 0.724. The van der Waals surface area contributed by atoms with Crippen molar-refractivity contribution in [2.45, 2.75) is 25.3 Å². The lowest BCUT2D eigenvalue weighted by atomic mass is 10.1. The van der Waals surface area contributed by atoms with Crippen LogP contribution in [0.4, 0.5) is 5.82 Å². The number of thioether (sulfide) groups is 1. The molecule has 0 aromatic carbocycles. The van der Waals surface area contributed by atoms with E-state index in [-0.39, 0.29) is 17.2 Å². The number of nitrogens with one attached hydrogen (secondary N) is 1. The van der Waals surface area contributed by atoms with Crippen molar-refractivity contribution in [2.75, 3.05) is 17.7 Å². The standard InChI is InChI=1S/C16H18N6OS/c17-9-12-4-5-15(21-14(12)10-18)20-6-2-1-3-13(19)16(23)22-7-8-24-11-22/h4-5,7-8,13H,1-3,6,11,19H2,(H,20,21)/t13-/m0/s1. The van der Waals surface area contributed by atoms with Crippen LogP contribution in [0.1, 0.15) is 30.5 Å². The summed E-state index contributed by atoms with van der Waals surface area (Å²) in [5.74, 6) is 1.15. The van der Waals surface area contributed by atoms with Crippen LogP contribution in [0.5, 0.6) is 0 Å². The SMILES string of the molecule is N#Cc1ccc(NCCCC[C@H](N)C(=O)N2C=CSC2)nc1C#N. The number of hydrogen-bond acceptors (Lipinski definition) is 7. The Labute approximate surface area is 145 Å². The maximum absolute atomic E-state index is 12.0. The average molecular weight is 342 g/mol. The van der Waals surface area contributed by atoms with Crippen molar-refractivity contribution in [3.63, 3.8) is 0 Å². The third-order valence-corrected chi connectivity index (χ3v) is 4.26. The Morgan fingerprint density at radius 3 is 2.92 bits per heavy atom. The van der Waals surface area contributed by atoms with Gasteiger partial charge in [-0.15, -0.1) is 11.8 Å². The highest BCUT2D eigenvalue weighted by molar-refractivity contribution is 8.02. The molecular weight excluding hydrogens is 324 g/mol. The van der Waals surface area contributed by atoms with Crippen LogP contribution in [-0.2, 0) is 4.79 Å². The number of carbonyl (C=O) groups excluding carboxylic acids is 1. The summed E-state index contributed by atoms with van der Waals surface area (Å²) in [5.41, 5.74) is 6.31. The highest BCUT2D eigenvalue weighted by Gasteiger charge is 2.20. The summed E-state index contributed by atoms with van der Waals surface area (Å²) in [6, 6.07) is 6.60. The maximum Gasteiger partial charge on any atom is 0.244 e. The largest absolute Gasteiger partial charge is 0.370 e. The fourth-order valence-corrected chi connectivity index (χ4v) is 2.89. The second-order valence-corrected chi connectivity index (χ2v) is 6.10. The Morgan fingerprint density at radius 1 is 1.42 bits per heavy atom. The number of nitriles is 2. The second-order valence-electron chi connectivity index (χ2n) is 5.23. The van der Waals surface area contributed by atoms with Gasteiger partial charge in [-0.05, 0) is 36.8 Å². The Hall–Kier alpha value is -2.55. The Morgan fingerprint density at radius 2 is 2.25 bits per heavy atom. The molecule has 1 atom stereocenters. The van der Waals surface area contributed by atoms with Gasteiger partial charge < -0.3 is 16.0 Å². The number of pyridine rings is 1. The van der Waals surface area contributed by atoms with Crippen LogP contribution < -0.4 is 11.1 Å². The van der Waals surface area contributed by atoms with Gasteiger partial charge in [0.25, 0.3) is 0 Å². The first kappa shape index (κ1) is 17.8. The monoisotopic (exact) mass is 342 g/mol. The predicted molar refractivity (Wildman–Crippen MR) is 92.4 cm³/mol. The minimum absolute atomic E-state index is 0.0448. The van der Waals surface area contributed by atoms with Crippen LogP contribution in [0.25, 0.3) is 0 Å². The molecule has 0 radical (unpaired) electrons. The van der Waals surface area contributed by atoms with E-state index in [2.05, 4.69) is 10.3 Å². The normalized spacial score (nSPS) is 14.0. The zero-order valence-corrected chi connectivity index (χ0v) is 13.9. The number of amides is 1. The zero-order valence-electron chi connectivity index (χ0n) is 13.1. The number of anilines is 1. The first-order valence-corrected chi connectivity index (χ1v) is 8.60. The minimum Gasteiger partial charge on any atom is -0.370 e. The van der Waals surface area contributed by atoms with Crippen LogP contribution in [0.3, 0.4) is 0 Å². The van der Waals surface area contributed by atoms with Gasteiger partial charge in [-0.2, -0.15) is 10.5 Å². The number of rotatable bonds is 7. The summed E-state index contributed by atoms with van der Waals surface area (Å²) in [4.78, 5) is 17.7. The molecule has 24 heavy (non-hydrogen) atoms. The number of nitrogens with zero attached hydrogens (tertiary/aromatic N) is 4. The Balaban J connectivity index is 1.70. The topological polar surface area (TPSA) is 119 Å². The van der Waals surface area contributed by atoms with E-state index in [1.54, 1.807) is 35.0 Å². The summed E-state index contributed by atoms with van der Waals surface area (Å²) in [6.07, 6.45) is 4.03. The van der Waals surface area contributed by atoms with Gasteiger partial charge in [0.2, 0.25) is 5.91 Å². The molecular formula is C16H18N6OS. The Kier molecular flexibility index (Phi) is 6.62. The summed E-state index contributed by atoms with van der Waals surface area (Å²) >= 11 is 1.57. The van der Waals surface area contributed by atoms with Crippen molar-refractivity contribution in [2.24, 2.45) is 5.73 Å². The fourth-order valence-electron chi connectivity index (χ4n) is 2.20. The molecule has 0 saturated carbocycles. The molecule has 1 aromatic heterocycles. The van der Waals surface area contributed by atoms with Crippen LogP contribution in [0, 0.1) is 22.7 Å². The smallest absolute Gasteiger partial charge is 0.244 e. The molecule has 0 fully saturated rings. The number of carbonyl (C=O) groups is 1. The summed E-state index contributed by atoms with van der Waals surface area (Å²) < 4.78 is 0. The van der Waals surface area contributed by atoms with E-state index in [1.807, 2.05) is 17.5 Å². The molecule has 1 aromatic rings. The molecule has 0 spiro atoms. The van der Waals surface area contributed by atoms with E-state index in [0.717, 1.165) is 12.8 Å². The summed E-state index contributed by atoms with van der Waals surface area (Å²) in [6.45, 7) is 0.657. The first-order valence-electron chi connectivity index (χ1n) is 7.55. The average Bonchev–Trinajstić information content (AvgIpc) is 3.14. The van der Waals surface area contributed by atoms with Crippen LogP contribution in [-0.4, -0.2) is 34.3 Å². The molecule has 8 heteroatoms. The van der Waals surface area contributed by atoms with Gasteiger partial charge in [0.1, 0.15) is 18.0 Å². The van der Waals surface area contributed by atoms with Crippen LogP contribution in [0.2, 0.25) is 0 Å². The number of aromatic nitrogens is 1. The lowest BCUT2D eigenvalue weighted by Gasteiger charge is -2.18. The molecule has 2 rings (SSSR count). The van der Waals surface area contributed by atoms with Gasteiger partial charge in [-0.1, -0.05) is 0 Å². The van der Waals surface area contributed by atoms with Gasteiger partial charge in [0.15, 0.2) is 5.69 Å². The van der Waals surface area contributed by atoms with Gasteiger partial charge in [0, 0.05) is 12.7 Å². The molecule has 0 aliphatic carbocycles. The van der Waals surface area contributed by atoms with Gasteiger partial charge in [0.05, 0.1) is 17.5 Å². The van der Waals surface area contributed by atoms with E-state index in [9.17, 15) is 4.79 Å². The van der Waals surface area contributed by atoms with Gasteiger partial charge in [-0.3, -0.25) is 4.79 Å². The number of unbranched alkanes of at least 4 members (excludes halogenated alkanes) is 1. The van der Waals surface area contributed by atoms with Crippen LogP contribution >= 0.6 is 11.8 Å². The number of hydrogen-bond donors (Lipinski definition) is 2. The van der Waals surface area contributed by atoms with E-state index >= 15 is 0 Å². The van der Waals surface area contributed by atoms with Crippen molar-refractivity contribution in [3.8, 4) is 12.1 Å². The molecule has 0 saturated heterocycles. The van der Waals surface area contributed by atoms with Gasteiger partial charge in [-0.25, -0.2) is 4.98 Å². The van der Waals surface area contributed by atoms with E-state index in [1.165, 1.54) is 0 Å². The number of nitrogens with two attached hydrogens (primary N) is 1. The molecule has 1 amide bonds. The summed E-state index contributed by atoms with van der Waals surface area (Å²) in [5, 5.41) is 22.8. The maximum atomic E-state index is 12.0. The second kappa shape index (κ2) is 8.92.